The van der Waals surface area contributed by atoms with Crippen molar-refractivity contribution in [2.75, 3.05) is 62.2 Å². The zero-order chi connectivity index (χ0) is 26.2. The second-order valence-corrected chi connectivity index (χ2v) is 8.56. The molecule has 0 bridgehead atoms. The van der Waals surface area contributed by atoms with E-state index >= 15 is 0 Å². The van der Waals surface area contributed by atoms with Gasteiger partial charge in [-0.25, -0.2) is 14.4 Å². The highest BCUT2D eigenvalue weighted by atomic mass is 35.5. The molecule has 0 fully saturated rings. The van der Waals surface area contributed by atoms with E-state index in [-0.39, 0.29) is 10.9 Å². The average Bonchev–Trinajstić information content (AvgIpc) is 2.85. The van der Waals surface area contributed by atoms with Gasteiger partial charge in [0.05, 0.1) is 29.2 Å². The van der Waals surface area contributed by atoms with Gasteiger partial charge in [-0.3, -0.25) is 4.79 Å². The molecule has 2 aromatic carbocycles. The molecule has 0 radical (unpaired) electrons. The first-order chi connectivity index (χ1) is 17.2. The number of hydrogen-bond acceptors (Lipinski definition) is 8. The van der Waals surface area contributed by atoms with Crippen molar-refractivity contribution in [3.05, 3.63) is 66.2 Å². The number of carbonyl (C=O) groups excluding carboxylic acids is 1. The van der Waals surface area contributed by atoms with Crippen LogP contribution in [0.1, 0.15) is 0 Å². The largest absolute Gasteiger partial charge is 0.494 e. The number of rotatable bonds is 11. The van der Waals surface area contributed by atoms with Gasteiger partial charge in [0, 0.05) is 38.0 Å². The van der Waals surface area contributed by atoms with Gasteiger partial charge in [-0.2, -0.15) is 0 Å². The molecule has 3 aromatic rings. The number of benzene rings is 2. The van der Waals surface area contributed by atoms with Crippen LogP contribution in [0.4, 0.5) is 38.8 Å². The monoisotopic (exact) mass is 513 g/mol. The Bertz CT molecular complexity index is 1240. The standard InChI is InChI=1S/C25H29ClFN7O2/c1-6-25(35)32-19-12-20(22(36-5)13-21(19)34(4)10-9-33(2)3)31-24-14-23(28-15-29-24)30-16-7-8-18(27)17(26)11-16/h6-8,11-15H,1,9-10H2,2-5H3,(H,32,35)(H2,28,29,30,31). The van der Waals surface area contributed by atoms with E-state index in [4.69, 9.17) is 16.3 Å². The topological polar surface area (TPSA) is 94.7 Å². The molecule has 36 heavy (non-hydrogen) atoms. The Kier molecular flexibility index (Phi) is 9.04. The quantitative estimate of drug-likeness (QED) is 0.312. The van der Waals surface area contributed by atoms with Gasteiger partial charge >= 0.3 is 0 Å². The minimum Gasteiger partial charge on any atom is -0.494 e. The van der Waals surface area contributed by atoms with Crippen LogP contribution in [0.2, 0.25) is 5.02 Å². The van der Waals surface area contributed by atoms with E-state index in [1.165, 1.54) is 24.5 Å². The first kappa shape index (κ1) is 26.7. The lowest BCUT2D eigenvalue weighted by Gasteiger charge is -2.26. The lowest BCUT2D eigenvalue weighted by molar-refractivity contribution is -0.111. The van der Waals surface area contributed by atoms with Crippen molar-refractivity contribution in [2.45, 2.75) is 0 Å². The van der Waals surface area contributed by atoms with E-state index in [1.54, 1.807) is 25.3 Å². The number of methoxy groups -OCH3 is 1. The maximum Gasteiger partial charge on any atom is 0.247 e. The number of anilines is 6. The lowest BCUT2D eigenvalue weighted by atomic mass is 10.2. The Morgan fingerprint density at radius 3 is 2.44 bits per heavy atom. The van der Waals surface area contributed by atoms with Crippen molar-refractivity contribution < 1.29 is 13.9 Å². The summed E-state index contributed by atoms with van der Waals surface area (Å²) >= 11 is 5.87. The van der Waals surface area contributed by atoms with Gasteiger partial charge in [0.2, 0.25) is 5.91 Å². The van der Waals surface area contributed by atoms with Gasteiger partial charge in [-0.05, 0) is 44.4 Å². The highest BCUT2D eigenvalue weighted by molar-refractivity contribution is 6.31. The van der Waals surface area contributed by atoms with Crippen LogP contribution in [0.15, 0.2) is 55.4 Å². The molecule has 1 heterocycles. The number of hydrogen-bond donors (Lipinski definition) is 3. The summed E-state index contributed by atoms with van der Waals surface area (Å²) in [5.74, 6) is 0.647. The summed E-state index contributed by atoms with van der Waals surface area (Å²) in [4.78, 5) is 24.7. The molecule has 0 aliphatic rings. The number of likely N-dealkylation sites (N-methyl/N-ethyl adjacent to an activating group) is 2. The van der Waals surface area contributed by atoms with Crippen LogP contribution >= 0.6 is 11.6 Å². The zero-order valence-electron chi connectivity index (χ0n) is 20.6. The minimum atomic E-state index is -0.505. The predicted molar refractivity (Wildman–Crippen MR) is 144 cm³/mol. The van der Waals surface area contributed by atoms with Crippen LogP contribution in [0.3, 0.4) is 0 Å². The number of halogens is 2. The van der Waals surface area contributed by atoms with Gasteiger partial charge in [0.1, 0.15) is 29.5 Å². The fourth-order valence-electron chi connectivity index (χ4n) is 3.26. The maximum atomic E-state index is 13.5. The van der Waals surface area contributed by atoms with Crippen LogP contribution in [0.5, 0.6) is 5.75 Å². The van der Waals surface area contributed by atoms with Gasteiger partial charge in [-0.15, -0.1) is 0 Å². The van der Waals surface area contributed by atoms with Crippen LogP contribution in [0, 0.1) is 5.82 Å². The first-order valence-corrected chi connectivity index (χ1v) is 11.4. The number of aromatic nitrogens is 2. The second-order valence-electron chi connectivity index (χ2n) is 8.16. The van der Waals surface area contributed by atoms with E-state index < -0.39 is 5.82 Å². The first-order valence-electron chi connectivity index (χ1n) is 11.0. The van der Waals surface area contributed by atoms with Crippen molar-refractivity contribution in [2.24, 2.45) is 0 Å². The molecule has 0 unspecified atom stereocenters. The van der Waals surface area contributed by atoms with E-state index in [0.717, 1.165) is 18.8 Å². The number of nitrogens with one attached hydrogen (secondary N) is 3. The summed E-state index contributed by atoms with van der Waals surface area (Å²) < 4.78 is 19.1. The molecule has 0 aliphatic carbocycles. The fraction of sp³-hybridized carbons (Fsp3) is 0.240. The number of nitrogens with zero attached hydrogens (tertiary/aromatic N) is 4. The molecule has 190 valence electrons. The lowest BCUT2D eigenvalue weighted by Crippen LogP contribution is -2.29. The summed E-state index contributed by atoms with van der Waals surface area (Å²) in [7, 11) is 7.51. The van der Waals surface area contributed by atoms with Gasteiger partial charge in [0.15, 0.2) is 0 Å². The minimum absolute atomic E-state index is 0.00174. The average molecular weight is 514 g/mol. The third kappa shape index (κ3) is 7.06. The SMILES string of the molecule is C=CC(=O)Nc1cc(Nc2cc(Nc3ccc(F)c(Cl)c3)ncn2)c(OC)cc1N(C)CCN(C)C. The molecule has 0 atom stereocenters. The Labute approximate surface area is 214 Å². The molecule has 0 spiro atoms. The molecule has 1 amide bonds. The highest BCUT2D eigenvalue weighted by Gasteiger charge is 2.16. The Balaban J connectivity index is 1.91. The van der Waals surface area contributed by atoms with Crippen molar-refractivity contribution in [1.29, 1.82) is 0 Å². The van der Waals surface area contributed by atoms with Gasteiger partial charge in [0.25, 0.3) is 0 Å². The third-order valence-electron chi connectivity index (χ3n) is 5.18. The van der Waals surface area contributed by atoms with Crippen molar-refractivity contribution in [3.8, 4) is 5.75 Å². The number of ether oxygens (including phenoxy) is 1. The fourth-order valence-corrected chi connectivity index (χ4v) is 3.44. The van der Waals surface area contributed by atoms with Crippen LogP contribution in [0.25, 0.3) is 0 Å². The zero-order valence-corrected chi connectivity index (χ0v) is 21.4. The van der Waals surface area contributed by atoms with E-state index in [2.05, 4.69) is 37.4 Å². The number of amides is 1. The van der Waals surface area contributed by atoms with Crippen molar-refractivity contribution in [1.82, 2.24) is 14.9 Å². The van der Waals surface area contributed by atoms with Crippen LogP contribution < -0.4 is 25.6 Å². The molecular weight excluding hydrogens is 485 g/mol. The van der Waals surface area contributed by atoms with Crippen LogP contribution in [-0.4, -0.2) is 62.1 Å². The second kappa shape index (κ2) is 12.2. The summed E-state index contributed by atoms with van der Waals surface area (Å²) in [6.45, 7) is 5.10. The molecule has 0 saturated carbocycles. The molecule has 3 rings (SSSR count). The van der Waals surface area contributed by atoms with Gasteiger partial charge < -0.3 is 30.5 Å². The Hall–Kier alpha value is -3.89. The number of carbonyl (C=O) groups is 1. The molecule has 1 aromatic heterocycles. The van der Waals surface area contributed by atoms with E-state index in [1.807, 2.05) is 32.1 Å². The molecule has 0 saturated heterocycles. The highest BCUT2D eigenvalue weighted by Crippen LogP contribution is 2.38. The van der Waals surface area contributed by atoms with Crippen molar-refractivity contribution >= 4 is 51.9 Å². The van der Waals surface area contributed by atoms with E-state index in [9.17, 15) is 9.18 Å². The molecule has 0 aliphatic heterocycles. The normalized spacial score (nSPS) is 10.6. The molecule has 11 heteroatoms. The Morgan fingerprint density at radius 1 is 1.08 bits per heavy atom. The maximum absolute atomic E-state index is 13.5. The third-order valence-corrected chi connectivity index (χ3v) is 5.47. The molecular formula is C25H29ClFN7O2. The predicted octanol–water partition coefficient (Wildman–Crippen LogP) is 4.89. The summed E-state index contributed by atoms with van der Waals surface area (Å²) in [6, 6.07) is 9.59. The van der Waals surface area contributed by atoms with Crippen molar-refractivity contribution in [3.63, 3.8) is 0 Å². The molecule has 3 N–H and O–H groups in total. The van der Waals surface area contributed by atoms with Crippen LogP contribution in [-0.2, 0) is 4.79 Å². The summed E-state index contributed by atoms with van der Waals surface area (Å²) in [5.41, 5.74) is 2.52. The van der Waals surface area contributed by atoms with Gasteiger partial charge in [-0.1, -0.05) is 18.2 Å². The summed E-state index contributed by atoms with van der Waals surface area (Å²) in [5, 5.41) is 9.14. The smallest absolute Gasteiger partial charge is 0.247 e. The summed E-state index contributed by atoms with van der Waals surface area (Å²) in [6.07, 6.45) is 2.59. The van der Waals surface area contributed by atoms with E-state index in [0.29, 0.717) is 34.4 Å². The Morgan fingerprint density at radius 2 is 1.81 bits per heavy atom. The molecule has 9 nitrogen and oxygen atoms in total.